The molecule has 0 N–H and O–H groups in total. The predicted molar refractivity (Wildman–Crippen MR) is 60.8 cm³/mol. The van der Waals surface area contributed by atoms with Crippen molar-refractivity contribution in [2.45, 2.75) is 32.5 Å². The summed E-state index contributed by atoms with van der Waals surface area (Å²) in [6, 6.07) is 5.34. The summed E-state index contributed by atoms with van der Waals surface area (Å²) in [5.74, 6) is 0.400. The molecule has 0 bridgehead atoms. The second-order valence-corrected chi connectivity index (χ2v) is 4.48. The number of esters is 1. The van der Waals surface area contributed by atoms with E-state index in [0.29, 0.717) is 11.4 Å². The highest BCUT2D eigenvalue weighted by Gasteiger charge is 2.30. The first-order chi connectivity index (χ1) is 7.56. The van der Waals surface area contributed by atoms with Crippen molar-refractivity contribution in [2.75, 3.05) is 0 Å². The molecule has 0 radical (unpaired) electrons. The van der Waals surface area contributed by atoms with Crippen molar-refractivity contribution >= 4 is 17.6 Å². The predicted octanol–water partition coefficient (Wildman–Crippen LogP) is 2.60. The second-order valence-electron chi connectivity index (χ2n) is 4.05. The van der Waals surface area contributed by atoms with Crippen LogP contribution in [0.3, 0.4) is 0 Å². The maximum Gasteiger partial charge on any atom is 0.347 e. The van der Waals surface area contributed by atoms with Gasteiger partial charge in [-0.15, -0.1) is 0 Å². The summed E-state index contributed by atoms with van der Waals surface area (Å²) in [7, 11) is 0. The molecular weight excluding hydrogens is 228 g/mol. The van der Waals surface area contributed by atoms with Crippen LogP contribution in [0.5, 0.6) is 5.75 Å². The van der Waals surface area contributed by atoms with Gasteiger partial charge in [0.2, 0.25) is 0 Å². The van der Waals surface area contributed by atoms with Crippen LogP contribution in [0.2, 0.25) is 5.02 Å². The molecule has 1 heterocycles. The van der Waals surface area contributed by atoms with Crippen molar-refractivity contribution in [3.8, 4) is 5.75 Å². The number of fused-ring (bicyclic) bond motifs is 1. The molecule has 2 rings (SSSR count). The Labute approximate surface area is 99.3 Å². The Balaban J connectivity index is 2.08. The minimum Gasteiger partial charge on any atom is -0.478 e. The first-order valence-electron chi connectivity index (χ1n) is 5.22. The molecule has 1 unspecified atom stereocenters. The van der Waals surface area contributed by atoms with Gasteiger partial charge in [0.25, 0.3) is 0 Å². The molecule has 1 aliphatic heterocycles. The van der Waals surface area contributed by atoms with Gasteiger partial charge in [0, 0.05) is 11.4 Å². The van der Waals surface area contributed by atoms with Gasteiger partial charge in [0.15, 0.2) is 6.10 Å². The molecule has 1 aliphatic rings. The van der Waals surface area contributed by atoms with Crippen molar-refractivity contribution in [3.05, 3.63) is 28.8 Å². The van der Waals surface area contributed by atoms with Gasteiger partial charge < -0.3 is 9.47 Å². The molecule has 0 aliphatic carbocycles. The molecule has 3 nitrogen and oxygen atoms in total. The van der Waals surface area contributed by atoms with Crippen molar-refractivity contribution < 1.29 is 14.3 Å². The van der Waals surface area contributed by atoms with Crippen LogP contribution in [0, 0.1) is 0 Å². The third kappa shape index (κ3) is 2.30. The van der Waals surface area contributed by atoms with E-state index in [4.69, 9.17) is 21.1 Å². The zero-order chi connectivity index (χ0) is 11.7. The molecule has 4 heteroatoms. The zero-order valence-corrected chi connectivity index (χ0v) is 9.95. The van der Waals surface area contributed by atoms with Crippen LogP contribution in [0.15, 0.2) is 18.2 Å². The fraction of sp³-hybridized carbons (Fsp3) is 0.417. The normalized spacial score (nSPS) is 18.1. The molecule has 0 spiro atoms. The van der Waals surface area contributed by atoms with Crippen LogP contribution in [0.4, 0.5) is 0 Å². The van der Waals surface area contributed by atoms with Gasteiger partial charge in [-0.25, -0.2) is 4.79 Å². The number of ether oxygens (including phenoxy) is 2. The maximum atomic E-state index is 11.6. The summed E-state index contributed by atoms with van der Waals surface area (Å²) >= 11 is 5.86. The van der Waals surface area contributed by atoms with E-state index in [9.17, 15) is 4.79 Å². The van der Waals surface area contributed by atoms with E-state index in [0.717, 1.165) is 11.3 Å². The number of carbonyl (C=O) groups is 1. The highest BCUT2D eigenvalue weighted by Crippen LogP contribution is 2.31. The zero-order valence-electron chi connectivity index (χ0n) is 9.20. The SMILES string of the molecule is CC(C)OC(=O)C1Cc2cc(Cl)ccc2O1. The summed E-state index contributed by atoms with van der Waals surface area (Å²) < 4.78 is 10.6. The van der Waals surface area contributed by atoms with Crippen molar-refractivity contribution in [3.63, 3.8) is 0 Å². The minimum absolute atomic E-state index is 0.122. The maximum absolute atomic E-state index is 11.6. The Morgan fingerprint density at radius 1 is 1.56 bits per heavy atom. The average molecular weight is 241 g/mol. The molecule has 16 heavy (non-hydrogen) atoms. The average Bonchev–Trinajstić information content (AvgIpc) is 2.59. The van der Waals surface area contributed by atoms with Crippen molar-refractivity contribution in [2.24, 2.45) is 0 Å². The van der Waals surface area contributed by atoms with Crippen LogP contribution in [-0.4, -0.2) is 18.2 Å². The molecular formula is C12H13ClO3. The van der Waals surface area contributed by atoms with E-state index in [1.165, 1.54) is 0 Å². The van der Waals surface area contributed by atoms with Crippen LogP contribution >= 0.6 is 11.6 Å². The molecule has 1 atom stereocenters. The molecule has 86 valence electrons. The lowest BCUT2D eigenvalue weighted by Crippen LogP contribution is -2.29. The third-order valence-electron chi connectivity index (χ3n) is 2.31. The molecule has 0 saturated heterocycles. The topological polar surface area (TPSA) is 35.5 Å². The lowest BCUT2D eigenvalue weighted by molar-refractivity contribution is -0.154. The quantitative estimate of drug-likeness (QED) is 0.746. The number of rotatable bonds is 2. The number of carbonyl (C=O) groups excluding carboxylic acids is 1. The Morgan fingerprint density at radius 2 is 2.31 bits per heavy atom. The second kappa shape index (κ2) is 4.34. The molecule has 1 aromatic rings. The van der Waals surface area contributed by atoms with E-state index in [1.807, 2.05) is 19.9 Å². The van der Waals surface area contributed by atoms with Gasteiger partial charge >= 0.3 is 5.97 Å². The van der Waals surface area contributed by atoms with Gasteiger partial charge in [0.1, 0.15) is 5.75 Å². The van der Waals surface area contributed by atoms with Crippen molar-refractivity contribution in [1.82, 2.24) is 0 Å². The monoisotopic (exact) mass is 240 g/mol. The molecule has 0 aromatic heterocycles. The number of benzene rings is 1. The van der Waals surface area contributed by atoms with E-state index in [2.05, 4.69) is 0 Å². The summed E-state index contributed by atoms with van der Waals surface area (Å²) in [5, 5.41) is 0.653. The standard InChI is InChI=1S/C12H13ClO3/c1-7(2)15-12(14)11-6-8-5-9(13)3-4-10(8)16-11/h3-5,7,11H,6H2,1-2H3. The minimum atomic E-state index is -0.532. The van der Waals surface area contributed by atoms with Crippen LogP contribution in [0.1, 0.15) is 19.4 Å². The fourth-order valence-corrected chi connectivity index (χ4v) is 1.85. The van der Waals surface area contributed by atoms with Gasteiger partial charge in [-0.2, -0.15) is 0 Å². The number of hydrogen-bond acceptors (Lipinski definition) is 3. The molecule has 0 amide bonds. The van der Waals surface area contributed by atoms with Crippen molar-refractivity contribution in [1.29, 1.82) is 0 Å². The fourth-order valence-electron chi connectivity index (χ4n) is 1.66. The van der Waals surface area contributed by atoms with Crippen LogP contribution in [-0.2, 0) is 16.0 Å². The van der Waals surface area contributed by atoms with Gasteiger partial charge in [-0.3, -0.25) is 0 Å². The summed E-state index contributed by atoms with van der Waals surface area (Å²) in [5.41, 5.74) is 0.957. The van der Waals surface area contributed by atoms with Crippen LogP contribution in [0.25, 0.3) is 0 Å². The molecule has 0 fully saturated rings. The Hall–Kier alpha value is -1.22. The van der Waals surface area contributed by atoms with E-state index < -0.39 is 6.10 Å². The van der Waals surface area contributed by atoms with E-state index >= 15 is 0 Å². The third-order valence-corrected chi connectivity index (χ3v) is 2.55. The molecule has 1 aromatic carbocycles. The Morgan fingerprint density at radius 3 is 3.00 bits per heavy atom. The van der Waals surface area contributed by atoms with Gasteiger partial charge in [-0.05, 0) is 37.6 Å². The first kappa shape index (κ1) is 11.3. The highest BCUT2D eigenvalue weighted by atomic mass is 35.5. The van der Waals surface area contributed by atoms with Gasteiger partial charge in [0.05, 0.1) is 6.10 Å². The lowest BCUT2D eigenvalue weighted by Gasteiger charge is -2.12. The number of hydrogen-bond donors (Lipinski definition) is 0. The Kier molecular flexibility index (Phi) is 3.06. The largest absolute Gasteiger partial charge is 0.478 e. The number of halogens is 1. The van der Waals surface area contributed by atoms with E-state index in [-0.39, 0.29) is 12.1 Å². The summed E-state index contributed by atoms with van der Waals surface area (Å²) in [6.45, 7) is 3.63. The Bertz CT molecular complexity index is 415. The highest BCUT2D eigenvalue weighted by molar-refractivity contribution is 6.30. The lowest BCUT2D eigenvalue weighted by atomic mass is 10.1. The van der Waals surface area contributed by atoms with Gasteiger partial charge in [-0.1, -0.05) is 11.6 Å². The van der Waals surface area contributed by atoms with E-state index in [1.54, 1.807) is 12.1 Å². The smallest absolute Gasteiger partial charge is 0.347 e. The molecule has 0 saturated carbocycles. The first-order valence-corrected chi connectivity index (χ1v) is 5.59. The summed E-state index contributed by atoms with van der Waals surface area (Å²) in [4.78, 5) is 11.6. The van der Waals surface area contributed by atoms with Crippen LogP contribution < -0.4 is 4.74 Å². The summed E-state index contributed by atoms with van der Waals surface area (Å²) in [6.07, 6.45) is -0.124.